The van der Waals surface area contributed by atoms with Crippen LogP contribution in [-0.4, -0.2) is 27.2 Å². The number of phenols is 2. The van der Waals surface area contributed by atoms with Gasteiger partial charge >= 0.3 is 5.97 Å². The van der Waals surface area contributed by atoms with Gasteiger partial charge in [-0.3, -0.25) is 4.79 Å². The Morgan fingerprint density at radius 3 is 2.50 bits per heavy atom. The van der Waals surface area contributed by atoms with E-state index in [1.54, 1.807) is 18.2 Å². The molecule has 0 unspecified atom stereocenters. The Balaban J connectivity index is 1.88. The van der Waals surface area contributed by atoms with Crippen LogP contribution < -0.4 is 5.32 Å². The van der Waals surface area contributed by atoms with Crippen LogP contribution in [0.15, 0.2) is 60.3 Å². The van der Waals surface area contributed by atoms with E-state index < -0.39 is 11.9 Å². The number of phenolic OH excluding ortho intramolecular Hbond substituents is 2. The van der Waals surface area contributed by atoms with Crippen molar-refractivity contribution >= 4 is 40.9 Å². The van der Waals surface area contributed by atoms with Crippen molar-refractivity contribution in [3.8, 4) is 21.9 Å². The van der Waals surface area contributed by atoms with E-state index in [4.69, 9.17) is 11.6 Å². The summed E-state index contributed by atoms with van der Waals surface area (Å²) in [5.41, 5.74) is 0.204. The maximum atomic E-state index is 12.3. The first-order valence-corrected chi connectivity index (χ1v) is 9.17. The molecule has 6 nitrogen and oxygen atoms in total. The number of nitrogens with one attached hydrogen (secondary N) is 1. The van der Waals surface area contributed by atoms with E-state index in [9.17, 15) is 24.9 Å². The standard InChI is InChI=1S/C20H14ClNO5S/c21-15-4-2-1-3-13(15)18-8-6-12(28-18)10-16(20(26)27)22-19(25)14-9-11(23)5-7-17(14)24/h1-10,23-24H,(H,22,25)(H,26,27). The molecule has 8 heteroatoms. The van der Waals surface area contributed by atoms with Crippen LogP contribution in [0.3, 0.4) is 0 Å². The van der Waals surface area contributed by atoms with Crippen molar-refractivity contribution in [1.82, 2.24) is 5.32 Å². The second kappa shape index (κ2) is 8.16. The van der Waals surface area contributed by atoms with Crippen LogP contribution in [-0.2, 0) is 4.79 Å². The van der Waals surface area contributed by atoms with Crippen molar-refractivity contribution in [1.29, 1.82) is 0 Å². The van der Waals surface area contributed by atoms with Gasteiger partial charge in [0.05, 0.1) is 5.56 Å². The number of carboxylic acids is 1. The summed E-state index contributed by atoms with van der Waals surface area (Å²) in [6.45, 7) is 0. The van der Waals surface area contributed by atoms with Gasteiger partial charge in [0.15, 0.2) is 0 Å². The Labute approximate surface area is 169 Å². The van der Waals surface area contributed by atoms with E-state index in [2.05, 4.69) is 5.32 Å². The van der Waals surface area contributed by atoms with Crippen LogP contribution in [0.4, 0.5) is 0 Å². The van der Waals surface area contributed by atoms with Gasteiger partial charge in [-0.2, -0.15) is 0 Å². The maximum absolute atomic E-state index is 12.3. The van der Waals surface area contributed by atoms with Crippen LogP contribution in [0, 0.1) is 0 Å². The predicted molar refractivity (Wildman–Crippen MR) is 108 cm³/mol. The lowest BCUT2D eigenvalue weighted by molar-refractivity contribution is -0.132. The summed E-state index contributed by atoms with van der Waals surface area (Å²) in [5, 5.41) is 31.4. The Morgan fingerprint density at radius 1 is 1.04 bits per heavy atom. The molecule has 2 aromatic carbocycles. The van der Waals surface area contributed by atoms with Crippen molar-refractivity contribution in [2.75, 3.05) is 0 Å². The highest BCUT2D eigenvalue weighted by Crippen LogP contribution is 2.34. The van der Waals surface area contributed by atoms with Gasteiger partial charge in [-0.25, -0.2) is 4.79 Å². The molecule has 1 heterocycles. The lowest BCUT2D eigenvalue weighted by Gasteiger charge is -2.07. The first-order chi connectivity index (χ1) is 13.3. The molecule has 1 amide bonds. The molecule has 0 aliphatic heterocycles. The average molecular weight is 416 g/mol. The average Bonchev–Trinajstić information content (AvgIpc) is 3.11. The molecular weight excluding hydrogens is 402 g/mol. The largest absolute Gasteiger partial charge is 0.508 e. The number of aliphatic carboxylic acids is 1. The third-order valence-corrected chi connectivity index (χ3v) is 5.15. The number of thiophene rings is 1. The van der Waals surface area contributed by atoms with Crippen LogP contribution in [0.1, 0.15) is 15.2 Å². The summed E-state index contributed by atoms with van der Waals surface area (Å²) in [6.07, 6.45) is 1.31. The minimum atomic E-state index is -1.35. The molecule has 28 heavy (non-hydrogen) atoms. The smallest absolute Gasteiger partial charge is 0.352 e. The topological polar surface area (TPSA) is 107 Å². The summed E-state index contributed by atoms with van der Waals surface area (Å²) < 4.78 is 0. The highest BCUT2D eigenvalue weighted by molar-refractivity contribution is 7.16. The van der Waals surface area contributed by atoms with E-state index >= 15 is 0 Å². The number of aromatic hydroxyl groups is 2. The normalized spacial score (nSPS) is 11.2. The number of amides is 1. The first kappa shape index (κ1) is 19.5. The molecule has 0 saturated carbocycles. The molecule has 0 atom stereocenters. The summed E-state index contributed by atoms with van der Waals surface area (Å²) in [4.78, 5) is 25.3. The third kappa shape index (κ3) is 4.33. The molecule has 0 aliphatic rings. The summed E-state index contributed by atoms with van der Waals surface area (Å²) in [6, 6.07) is 14.2. The summed E-state index contributed by atoms with van der Waals surface area (Å²) in [7, 11) is 0. The number of carbonyl (C=O) groups is 2. The molecule has 0 aliphatic carbocycles. The fourth-order valence-corrected chi connectivity index (χ4v) is 3.71. The number of carbonyl (C=O) groups excluding carboxylic acids is 1. The quantitative estimate of drug-likeness (QED) is 0.366. The minimum Gasteiger partial charge on any atom is -0.508 e. The molecule has 0 radical (unpaired) electrons. The zero-order valence-electron chi connectivity index (χ0n) is 14.2. The maximum Gasteiger partial charge on any atom is 0.352 e. The van der Waals surface area contributed by atoms with E-state index in [-0.39, 0.29) is 22.8 Å². The van der Waals surface area contributed by atoms with Gasteiger partial charge in [0.1, 0.15) is 17.2 Å². The van der Waals surface area contributed by atoms with Crippen molar-refractivity contribution in [2.24, 2.45) is 0 Å². The van der Waals surface area contributed by atoms with E-state index in [1.807, 2.05) is 18.2 Å². The lowest BCUT2D eigenvalue weighted by Crippen LogP contribution is -2.27. The fraction of sp³-hybridized carbons (Fsp3) is 0. The van der Waals surface area contributed by atoms with Gasteiger partial charge < -0.3 is 20.6 Å². The van der Waals surface area contributed by atoms with Gasteiger partial charge in [-0.15, -0.1) is 11.3 Å². The molecule has 0 fully saturated rings. The second-order valence-electron chi connectivity index (χ2n) is 5.70. The highest BCUT2D eigenvalue weighted by Gasteiger charge is 2.17. The van der Waals surface area contributed by atoms with Crippen molar-refractivity contribution in [2.45, 2.75) is 0 Å². The van der Waals surface area contributed by atoms with Crippen LogP contribution >= 0.6 is 22.9 Å². The number of rotatable bonds is 5. The van der Waals surface area contributed by atoms with Crippen molar-refractivity contribution in [3.05, 3.63) is 75.8 Å². The zero-order chi connectivity index (χ0) is 20.3. The van der Waals surface area contributed by atoms with E-state index in [0.717, 1.165) is 22.6 Å². The molecule has 1 aromatic heterocycles. The van der Waals surface area contributed by atoms with Gasteiger partial charge in [0.2, 0.25) is 0 Å². The van der Waals surface area contributed by atoms with E-state index in [1.165, 1.54) is 23.5 Å². The fourth-order valence-electron chi connectivity index (χ4n) is 2.43. The van der Waals surface area contributed by atoms with Gasteiger partial charge in [0.25, 0.3) is 5.91 Å². The number of hydrogen-bond acceptors (Lipinski definition) is 5. The molecule has 142 valence electrons. The molecule has 0 spiro atoms. The highest BCUT2D eigenvalue weighted by atomic mass is 35.5. The number of benzene rings is 2. The first-order valence-electron chi connectivity index (χ1n) is 7.98. The van der Waals surface area contributed by atoms with E-state index in [0.29, 0.717) is 9.90 Å². The second-order valence-corrected chi connectivity index (χ2v) is 7.22. The molecule has 3 aromatic rings. The van der Waals surface area contributed by atoms with Crippen LogP contribution in [0.2, 0.25) is 5.02 Å². The number of carboxylic acid groups (broad SMARTS) is 1. The SMILES string of the molecule is O=C(O)C(=Cc1ccc(-c2ccccc2Cl)s1)NC(=O)c1cc(O)ccc1O. The Morgan fingerprint density at radius 2 is 1.79 bits per heavy atom. The third-order valence-electron chi connectivity index (χ3n) is 3.76. The predicted octanol–water partition coefficient (Wildman–Crippen LogP) is 4.34. The van der Waals surface area contributed by atoms with Gasteiger partial charge in [-0.1, -0.05) is 29.8 Å². The monoisotopic (exact) mass is 415 g/mol. The molecule has 3 rings (SSSR count). The minimum absolute atomic E-state index is 0.230. The van der Waals surface area contributed by atoms with Crippen molar-refractivity contribution in [3.63, 3.8) is 0 Å². The van der Waals surface area contributed by atoms with Crippen molar-refractivity contribution < 1.29 is 24.9 Å². The molecule has 0 saturated heterocycles. The Kier molecular flexibility index (Phi) is 5.67. The zero-order valence-corrected chi connectivity index (χ0v) is 15.8. The van der Waals surface area contributed by atoms with Crippen LogP contribution in [0.25, 0.3) is 16.5 Å². The molecular formula is C20H14ClNO5S. The Hall–Kier alpha value is -3.29. The summed E-state index contributed by atoms with van der Waals surface area (Å²) in [5.74, 6) is -2.81. The Bertz CT molecular complexity index is 1090. The van der Waals surface area contributed by atoms with Gasteiger partial charge in [0, 0.05) is 20.3 Å². The molecule has 4 N–H and O–H groups in total. The number of halogens is 1. The van der Waals surface area contributed by atoms with Gasteiger partial charge in [-0.05, 0) is 42.5 Å². The lowest BCUT2D eigenvalue weighted by atomic mass is 10.1. The number of hydrogen-bond donors (Lipinski definition) is 4. The molecule has 0 bridgehead atoms. The summed E-state index contributed by atoms with van der Waals surface area (Å²) >= 11 is 7.49. The van der Waals surface area contributed by atoms with Crippen LogP contribution in [0.5, 0.6) is 11.5 Å².